The SMILES string of the molecule is CCn1cnc(C(=O)OC)c1[N+](=O)[O-]. The number of carbonyl (C=O) groups excluding carboxylic acids is 1. The van der Waals surface area contributed by atoms with Crippen LogP contribution in [0.2, 0.25) is 0 Å². The van der Waals surface area contributed by atoms with Crippen molar-refractivity contribution in [3.63, 3.8) is 0 Å². The van der Waals surface area contributed by atoms with Crippen LogP contribution in [0.1, 0.15) is 17.4 Å². The van der Waals surface area contributed by atoms with Gasteiger partial charge < -0.3 is 14.9 Å². The third-order valence-corrected chi connectivity index (χ3v) is 1.70. The van der Waals surface area contributed by atoms with Gasteiger partial charge in [-0.2, -0.15) is 0 Å². The largest absolute Gasteiger partial charge is 0.464 e. The number of hydrogen-bond donors (Lipinski definition) is 0. The van der Waals surface area contributed by atoms with Crippen molar-refractivity contribution >= 4 is 11.8 Å². The van der Waals surface area contributed by atoms with Gasteiger partial charge in [-0.25, -0.2) is 14.3 Å². The van der Waals surface area contributed by atoms with E-state index in [-0.39, 0.29) is 11.5 Å². The normalized spacial score (nSPS) is 9.86. The quantitative estimate of drug-likeness (QED) is 0.404. The van der Waals surface area contributed by atoms with E-state index in [2.05, 4.69) is 9.72 Å². The van der Waals surface area contributed by atoms with Crippen LogP contribution in [-0.2, 0) is 11.3 Å². The average molecular weight is 199 g/mol. The Morgan fingerprint density at radius 2 is 2.43 bits per heavy atom. The summed E-state index contributed by atoms with van der Waals surface area (Å²) in [4.78, 5) is 24.7. The summed E-state index contributed by atoms with van der Waals surface area (Å²) in [5, 5.41) is 10.6. The van der Waals surface area contributed by atoms with Crippen molar-refractivity contribution in [1.82, 2.24) is 9.55 Å². The summed E-state index contributed by atoms with van der Waals surface area (Å²) >= 11 is 0. The summed E-state index contributed by atoms with van der Waals surface area (Å²) in [6, 6.07) is 0. The van der Waals surface area contributed by atoms with E-state index in [1.165, 1.54) is 10.9 Å². The fraction of sp³-hybridized carbons (Fsp3) is 0.429. The first kappa shape index (κ1) is 10.2. The van der Waals surface area contributed by atoms with E-state index < -0.39 is 10.9 Å². The summed E-state index contributed by atoms with van der Waals surface area (Å²) < 4.78 is 5.64. The maximum Gasteiger partial charge on any atom is 0.365 e. The Balaban J connectivity index is 3.24. The Hall–Kier alpha value is -1.92. The summed E-state index contributed by atoms with van der Waals surface area (Å²) in [7, 11) is 1.15. The van der Waals surface area contributed by atoms with Crippen LogP contribution in [0.3, 0.4) is 0 Å². The Labute approximate surface area is 79.5 Å². The van der Waals surface area contributed by atoms with E-state index in [9.17, 15) is 14.9 Å². The molecule has 0 radical (unpaired) electrons. The molecule has 7 nitrogen and oxygen atoms in total. The number of nitro groups is 1. The zero-order valence-electron chi connectivity index (χ0n) is 7.76. The third kappa shape index (κ3) is 1.56. The van der Waals surface area contributed by atoms with Crippen molar-refractivity contribution < 1.29 is 14.5 Å². The highest BCUT2D eigenvalue weighted by Gasteiger charge is 2.26. The molecule has 0 unspecified atom stereocenters. The van der Waals surface area contributed by atoms with E-state index in [0.29, 0.717) is 6.54 Å². The van der Waals surface area contributed by atoms with Crippen molar-refractivity contribution in [2.24, 2.45) is 0 Å². The monoisotopic (exact) mass is 199 g/mol. The standard InChI is InChI=1S/C7H9N3O4/c1-3-9-4-8-5(7(11)14-2)6(9)10(12)13/h4H,3H2,1-2H3. The van der Waals surface area contributed by atoms with Crippen molar-refractivity contribution in [2.45, 2.75) is 13.5 Å². The van der Waals surface area contributed by atoms with E-state index in [1.807, 2.05) is 0 Å². The van der Waals surface area contributed by atoms with Gasteiger partial charge in [0.2, 0.25) is 5.69 Å². The van der Waals surface area contributed by atoms with Gasteiger partial charge in [-0.1, -0.05) is 0 Å². The summed E-state index contributed by atoms with van der Waals surface area (Å²) in [5.41, 5.74) is -0.264. The molecule has 0 atom stereocenters. The first-order chi connectivity index (χ1) is 6.61. The van der Waals surface area contributed by atoms with Crippen LogP contribution in [0.15, 0.2) is 6.33 Å². The highest BCUT2D eigenvalue weighted by atomic mass is 16.6. The van der Waals surface area contributed by atoms with Gasteiger partial charge in [0.05, 0.1) is 13.7 Å². The summed E-state index contributed by atoms with van der Waals surface area (Å²) in [6.45, 7) is 2.09. The highest BCUT2D eigenvalue weighted by molar-refractivity contribution is 5.90. The van der Waals surface area contributed by atoms with Gasteiger partial charge in [-0.05, 0) is 11.8 Å². The molecule has 0 aliphatic rings. The lowest BCUT2D eigenvalue weighted by Crippen LogP contribution is -2.07. The van der Waals surface area contributed by atoms with Crippen LogP contribution in [-0.4, -0.2) is 27.6 Å². The summed E-state index contributed by atoms with van der Waals surface area (Å²) in [5.74, 6) is -1.14. The molecule has 0 amide bonds. The topological polar surface area (TPSA) is 87.3 Å². The lowest BCUT2D eigenvalue weighted by Gasteiger charge is -1.98. The van der Waals surface area contributed by atoms with Crippen molar-refractivity contribution in [1.29, 1.82) is 0 Å². The van der Waals surface area contributed by atoms with E-state index in [4.69, 9.17) is 0 Å². The zero-order valence-corrected chi connectivity index (χ0v) is 7.76. The molecule has 0 bridgehead atoms. The zero-order chi connectivity index (χ0) is 10.7. The molecule has 0 aliphatic carbocycles. The van der Waals surface area contributed by atoms with Gasteiger partial charge in [-0.3, -0.25) is 0 Å². The van der Waals surface area contributed by atoms with E-state index >= 15 is 0 Å². The smallest absolute Gasteiger partial charge is 0.365 e. The first-order valence-electron chi connectivity index (χ1n) is 3.89. The number of imidazole rings is 1. The van der Waals surface area contributed by atoms with Crippen LogP contribution in [0, 0.1) is 10.1 Å². The second kappa shape index (κ2) is 3.86. The predicted molar refractivity (Wildman–Crippen MR) is 45.9 cm³/mol. The first-order valence-corrected chi connectivity index (χ1v) is 3.89. The average Bonchev–Trinajstić information content (AvgIpc) is 2.59. The molecule has 1 aromatic rings. The molecular formula is C7H9N3O4. The molecule has 1 aromatic heterocycles. The summed E-state index contributed by atoms with van der Waals surface area (Å²) in [6.07, 6.45) is 1.24. The molecule has 1 heterocycles. The molecule has 0 spiro atoms. The Kier molecular flexibility index (Phi) is 2.80. The number of carbonyl (C=O) groups is 1. The maximum atomic E-state index is 11.1. The van der Waals surface area contributed by atoms with Gasteiger partial charge in [0.25, 0.3) is 0 Å². The number of ether oxygens (including phenoxy) is 1. The molecular weight excluding hydrogens is 190 g/mol. The fourth-order valence-electron chi connectivity index (χ4n) is 1.04. The van der Waals surface area contributed by atoms with E-state index in [0.717, 1.165) is 7.11 Å². The van der Waals surface area contributed by atoms with Crippen LogP contribution in [0.4, 0.5) is 5.82 Å². The lowest BCUT2D eigenvalue weighted by atomic mass is 10.4. The molecule has 0 fully saturated rings. The van der Waals surface area contributed by atoms with Crippen LogP contribution in [0.25, 0.3) is 0 Å². The number of aromatic nitrogens is 2. The second-order valence-corrected chi connectivity index (χ2v) is 2.45. The fourth-order valence-corrected chi connectivity index (χ4v) is 1.04. The lowest BCUT2D eigenvalue weighted by molar-refractivity contribution is -0.392. The Bertz CT molecular complexity index is 371. The minimum Gasteiger partial charge on any atom is -0.464 e. The number of hydrogen-bond acceptors (Lipinski definition) is 5. The number of methoxy groups -OCH3 is 1. The Morgan fingerprint density at radius 1 is 1.79 bits per heavy atom. The molecule has 14 heavy (non-hydrogen) atoms. The highest BCUT2D eigenvalue weighted by Crippen LogP contribution is 2.17. The predicted octanol–water partition coefficient (Wildman–Crippen LogP) is 0.598. The van der Waals surface area contributed by atoms with Gasteiger partial charge in [0.15, 0.2) is 6.33 Å². The molecule has 76 valence electrons. The molecule has 0 saturated carbocycles. The maximum absolute atomic E-state index is 11.1. The van der Waals surface area contributed by atoms with Crippen molar-refractivity contribution in [2.75, 3.05) is 7.11 Å². The minimum absolute atomic E-state index is 0.264. The minimum atomic E-state index is -0.802. The van der Waals surface area contributed by atoms with Crippen LogP contribution < -0.4 is 0 Å². The van der Waals surface area contributed by atoms with Crippen molar-refractivity contribution in [3.05, 3.63) is 22.1 Å². The van der Waals surface area contributed by atoms with E-state index in [1.54, 1.807) is 6.92 Å². The number of nitrogens with zero attached hydrogens (tertiary/aromatic N) is 3. The Morgan fingerprint density at radius 3 is 2.86 bits per heavy atom. The molecule has 7 heteroatoms. The third-order valence-electron chi connectivity index (χ3n) is 1.70. The van der Waals surface area contributed by atoms with Gasteiger partial charge in [0, 0.05) is 0 Å². The van der Waals surface area contributed by atoms with Crippen LogP contribution >= 0.6 is 0 Å². The van der Waals surface area contributed by atoms with Crippen molar-refractivity contribution in [3.8, 4) is 0 Å². The molecule has 1 rings (SSSR count). The molecule has 0 aliphatic heterocycles. The molecule has 0 aromatic carbocycles. The van der Waals surface area contributed by atoms with Gasteiger partial charge in [-0.15, -0.1) is 0 Å². The number of rotatable bonds is 3. The molecule has 0 N–H and O–H groups in total. The second-order valence-electron chi connectivity index (χ2n) is 2.45. The van der Waals surface area contributed by atoms with Gasteiger partial charge >= 0.3 is 11.8 Å². The molecule has 0 saturated heterocycles. The number of aryl methyl sites for hydroxylation is 1. The number of esters is 1. The van der Waals surface area contributed by atoms with Crippen LogP contribution in [0.5, 0.6) is 0 Å². The van der Waals surface area contributed by atoms with Gasteiger partial charge in [0.1, 0.15) is 0 Å².